The Hall–Kier alpha value is -1.67. The van der Waals surface area contributed by atoms with E-state index in [1.54, 1.807) is 0 Å². The van der Waals surface area contributed by atoms with Gasteiger partial charge in [-0.25, -0.2) is 0 Å². The van der Waals surface area contributed by atoms with Crippen molar-refractivity contribution in [2.45, 2.75) is 33.4 Å². The number of rotatable bonds is 4. The van der Waals surface area contributed by atoms with E-state index >= 15 is 0 Å². The molecule has 1 aromatic carbocycles. The average molecular weight is 240 g/mol. The van der Waals surface area contributed by atoms with Crippen molar-refractivity contribution in [3.8, 4) is 11.1 Å². The van der Waals surface area contributed by atoms with Crippen LogP contribution in [0.1, 0.15) is 25.0 Å². The Bertz CT molecular complexity index is 501. The van der Waals surface area contributed by atoms with Crippen LogP contribution in [0, 0.1) is 6.92 Å². The van der Waals surface area contributed by atoms with Crippen molar-refractivity contribution >= 4 is 0 Å². The van der Waals surface area contributed by atoms with Crippen molar-refractivity contribution in [2.75, 3.05) is 0 Å². The van der Waals surface area contributed by atoms with Crippen LogP contribution in [0.2, 0.25) is 0 Å². The number of pyridine rings is 1. The van der Waals surface area contributed by atoms with E-state index < -0.39 is 0 Å². The van der Waals surface area contributed by atoms with Crippen LogP contribution in [-0.4, -0.2) is 11.0 Å². The summed E-state index contributed by atoms with van der Waals surface area (Å²) < 4.78 is 0. The zero-order chi connectivity index (χ0) is 13.0. The molecule has 1 heterocycles. The van der Waals surface area contributed by atoms with Crippen molar-refractivity contribution < 1.29 is 0 Å². The van der Waals surface area contributed by atoms with E-state index in [0.29, 0.717) is 6.04 Å². The predicted molar refractivity (Wildman–Crippen MR) is 76.4 cm³/mol. The zero-order valence-corrected chi connectivity index (χ0v) is 11.3. The van der Waals surface area contributed by atoms with Gasteiger partial charge in [0, 0.05) is 25.0 Å². The SMILES string of the molecule is Cc1cnccc1-c1ccc(CNC(C)C)cc1. The largest absolute Gasteiger partial charge is 0.310 e. The molecule has 0 saturated carbocycles. The summed E-state index contributed by atoms with van der Waals surface area (Å²) in [6.45, 7) is 7.34. The van der Waals surface area contributed by atoms with Crippen molar-refractivity contribution in [1.29, 1.82) is 0 Å². The highest BCUT2D eigenvalue weighted by molar-refractivity contribution is 5.66. The molecular weight excluding hydrogens is 220 g/mol. The Morgan fingerprint density at radius 3 is 2.44 bits per heavy atom. The maximum absolute atomic E-state index is 4.13. The van der Waals surface area contributed by atoms with Gasteiger partial charge in [-0.3, -0.25) is 4.98 Å². The molecule has 0 fully saturated rings. The lowest BCUT2D eigenvalue weighted by Crippen LogP contribution is -2.21. The van der Waals surface area contributed by atoms with Crippen LogP contribution in [0.15, 0.2) is 42.7 Å². The molecule has 0 atom stereocenters. The van der Waals surface area contributed by atoms with Crippen LogP contribution >= 0.6 is 0 Å². The lowest BCUT2D eigenvalue weighted by atomic mass is 10.0. The molecule has 0 amide bonds. The van der Waals surface area contributed by atoms with E-state index in [-0.39, 0.29) is 0 Å². The van der Waals surface area contributed by atoms with Crippen LogP contribution in [0.5, 0.6) is 0 Å². The summed E-state index contributed by atoms with van der Waals surface area (Å²) in [7, 11) is 0. The van der Waals surface area contributed by atoms with Gasteiger partial charge in [-0.05, 0) is 35.2 Å². The third-order valence-electron chi connectivity index (χ3n) is 3.00. The fraction of sp³-hybridized carbons (Fsp3) is 0.312. The Balaban J connectivity index is 2.15. The van der Waals surface area contributed by atoms with Crippen LogP contribution < -0.4 is 5.32 Å². The third kappa shape index (κ3) is 3.17. The molecule has 2 heteroatoms. The first-order valence-electron chi connectivity index (χ1n) is 6.40. The van der Waals surface area contributed by atoms with Gasteiger partial charge in [-0.2, -0.15) is 0 Å². The van der Waals surface area contributed by atoms with Crippen molar-refractivity contribution in [3.63, 3.8) is 0 Å². The summed E-state index contributed by atoms with van der Waals surface area (Å²) in [5.41, 5.74) is 5.04. The first-order chi connectivity index (χ1) is 8.66. The maximum atomic E-state index is 4.13. The van der Waals surface area contributed by atoms with Crippen molar-refractivity contribution in [2.24, 2.45) is 0 Å². The smallest absolute Gasteiger partial charge is 0.0303 e. The second kappa shape index (κ2) is 5.78. The summed E-state index contributed by atoms with van der Waals surface area (Å²) >= 11 is 0. The fourth-order valence-corrected chi connectivity index (χ4v) is 1.92. The minimum atomic E-state index is 0.520. The van der Waals surface area contributed by atoms with Crippen LogP contribution in [0.4, 0.5) is 0 Å². The number of hydrogen-bond acceptors (Lipinski definition) is 2. The normalized spacial score (nSPS) is 10.9. The van der Waals surface area contributed by atoms with Gasteiger partial charge >= 0.3 is 0 Å². The van der Waals surface area contributed by atoms with Crippen molar-refractivity contribution in [1.82, 2.24) is 10.3 Å². The molecule has 2 aromatic rings. The van der Waals surface area contributed by atoms with E-state index in [9.17, 15) is 0 Å². The molecule has 0 aliphatic rings. The van der Waals surface area contributed by atoms with Gasteiger partial charge in [0.05, 0.1) is 0 Å². The first kappa shape index (κ1) is 12.8. The Morgan fingerprint density at radius 2 is 1.83 bits per heavy atom. The second-order valence-electron chi connectivity index (χ2n) is 4.92. The third-order valence-corrected chi connectivity index (χ3v) is 3.00. The molecule has 0 unspecified atom stereocenters. The van der Waals surface area contributed by atoms with Gasteiger partial charge in [0.1, 0.15) is 0 Å². The molecule has 0 aliphatic carbocycles. The minimum absolute atomic E-state index is 0.520. The number of aromatic nitrogens is 1. The zero-order valence-electron chi connectivity index (χ0n) is 11.3. The standard InChI is InChI=1S/C16H20N2/c1-12(2)18-11-14-4-6-15(7-5-14)16-8-9-17-10-13(16)3/h4-10,12,18H,11H2,1-3H3. The Morgan fingerprint density at radius 1 is 1.11 bits per heavy atom. The molecule has 94 valence electrons. The lowest BCUT2D eigenvalue weighted by molar-refractivity contribution is 0.589. The summed E-state index contributed by atoms with van der Waals surface area (Å²) in [5.74, 6) is 0. The molecule has 2 nitrogen and oxygen atoms in total. The molecule has 0 saturated heterocycles. The van der Waals surface area contributed by atoms with E-state index in [2.05, 4.69) is 61.4 Å². The van der Waals surface area contributed by atoms with Gasteiger partial charge in [-0.1, -0.05) is 38.1 Å². The number of nitrogens with zero attached hydrogens (tertiary/aromatic N) is 1. The van der Waals surface area contributed by atoms with Crippen LogP contribution in [0.3, 0.4) is 0 Å². The number of benzene rings is 1. The Labute approximate surface area is 109 Å². The van der Waals surface area contributed by atoms with E-state index in [1.807, 2.05) is 12.4 Å². The van der Waals surface area contributed by atoms with Gasteiger partial charge in [-0.15, -0.1) is 0 Å². The molecule has 1 aromatic heterocycles. The maximum Gasteiger partial charge on any atom is 0.0303 e. The van der Waals surface area contributed by atoms with E-state index in [4.69, 9.17) is 0 Å². The monoisotopic (exact) mass is 240 g/mol. The molecule has 0 aliphatic heterocycles. The van der Waals surface area contributed by atoms with Gasteiger partial charge in [0.25, 0.3) is 0 Å². The lowest BCUT2D eigenvalue weighted by Gasteiger charge is -2.09. The Kier molecular flexibility index (Phi) is 4.11. The highest BCUT2D eigenvalue weighted by Crippen LogP contribution is 2.22. The molecule has 1 N–H and O–H groups in total. The van der Waals surface area contributed by atoms with Gasteiger partial charge in [0.15, 0.2) is 0 Å². The summed E-state index contributed by atoms with van der Waals surface area (Å²) in [6.07, 6.45) is 3.75. The second-order valence-corrected chi connectivity index (χ2v) is 4.92. The molecule has 0 spiro atoms. The fourth-order valence-electron chi connectivity index (χ4n) is 1.92. The predicted octanol–water partition coefficient (Wildman–Crippen LogP) is 3.56. The minimum Gasteiger partial charge on any atom is -0.310 e. The summed E-state index contributed by atoms with van der Waals surface area (Å²) in [5, 5.41) is 3.42. The van der Waals surface area contributed by atoms with Crippen LogP contribution in [-0.2, 0) is 6.54 Å². The van der Waals surface area contributed by atoms with Gasteiger partial charge < -0.3 is 5.32 Å². The number of hydrogen-bond donors (Lipinski definition) is 1. The highest BCUT2D eigenvalue weighted by Gasteiger charge is 2.01. The molecule has 18 heavy (non-hydrogen) atoms. The molecule has 0 bridgehead atoms. The molecular formula is C16H20N2. The van der Waals surface area contributed by atoms with E-state index in [1.165, 1.54) is 22.3 Å². The van der Waals surface area contributed by atoms with Gasteiger partial charge in [0.2, 0.25) is 0 Å². The topological polar surface area (TPSA) is 24.9 Å². The highest BCUT2D eigenvalue weighted by atomic mass is 14.9. The van der Waals surface area contributed by atoms with Crippen molar-refractivity contribution in [3.05, 3.63) is 53.9 Å². The average Bonchev–Trinajstić information content (AvgIpc) is 2.38. The summed E-state index contributed by atoms with van der Waals surface area (Å²) in [4.78, 5) is 4.13. The number of nitrogens with one attached hydrogen (secondary N) is 1. The van der Waals surface area contributed by atoms with Crippen LogP contribution in [0.25, 0.3) is 11.1 Å². The quantitative estimate of drug-likeness (QED) is 0.884. The number of aryl methyl sites for hydroxylation is 1. The molecule has 0 radical (unpaired) electrons. The summed E-state index contributed by atoms with van der Waals surface area (Å²) in [6, 6.07) is 11.3. The van der Waals surface area contributed by atoms with E-state index in [0.717, 1.165) is 6.54 Å². The molecule has 2 rings (SSSR count). The first-order valence-corrected chi connectivity index (χ1v) is 6.40.